The highest BCUT2D eigenvalue weighted by atomic mass is 32.1. The third-order valence-corrected chi connectivity index (χ3v) is 4.93. The van der Waals surface area contributed by atoms with Gasteiger partial charge in [0.05, 0.1) is 26.2 Å². The summed E-state index contributed by atoms with van der Waals surface area (Å²) in [6, 6.07) is 7.35. The zero-order valence-electron chi connectivity index (χ0n) is 14.2. The molecule has 2 aliphatic heterocycles. The molecule has 0 aromatic heterocycles. The molecule has 3 rings (SSSR count). The van der Waals surface area contributed by atoms with Crippen LogP contribution in [0.5, 0.6) is 0 Å². The lowest BCUT2D eigenvalue weighted by Gasteiger charge is -2.08. The molecule has 2 aliphatic rings. The molecule has 6 heteroatoms. The van der Waals surface area contributed by atoms with E-state index in [1.807, 2.05) is 24.3 Å². The molecule has 134 valence electrons. The van der Waals surface area contributed by atoms with Crippen molar-refractivity contribution >= 4 is 58.1 Å². The van der Waals surface area contributed by atoms with Gasteiger partial charge >= 0.3 is 0 Å². The summed E-state index contributed by atoms with van der Waals surface area (Å²) in [6.45, 7) is 5.50. The SMILES string of the molecule is C1CC[NH2+]CC1.C1CC[NH2+]CC1.S=C([S-])c1ccc(C(=S)[S-])cc1. The van der Waals surface area contributed by atoms with Crippen LogP contribution in [0.15, 0.2) is 24.3 Å². The number of thiocarbonyl (C=S) groups is 2. The molecule has 0 radical (unpaired) electrons. The van der Waals surface area contributed by atoms with Gasteiger partial charge in [-0.15, -0.1) is 8.39 Å². The Kier molecular flexibility index (Phi) is 12.7. The van der Waals surface area contributed by atoms with E-state index in [1.54, 1.807) is 0 Å². The van der Waals surface area contributed by atoms with Crippen LogP contribution in [0.4, 0.5) is 0 Å². The summed E-state index contributed by atoms with van der Waals surface area (Å²) in [5.41, 5.74) is 1.74. The van der Waals surface area contributed by atoms with Gasteiger partial charge in [-0.25, -0.2) is 0 Å². The van der Waals surface area contributed by atoms with Gasteiger partial charge in [0.15, 0.2) is 0 Å². The Morgan fingerprint density at radius 3 is 1.04 bits per heavy atom. The standard InChI is InChI=1S/C8H6S4.2C5H11N/c9-7(10)5-1-2-6(4-3-5)8(11)12;2*1-2-4-6-5-3-1/h1-4H,(H,9,10)(H,11,12);2*6H,1-5H2. The predicted molar refractivity (Wildman–Crippen MR) is 116 cm³/mol. The summed E-state index contributed by atoms with van der Waals surface area (Å²) in [6.07, 6.45) is 8.72. The lowest BCUT2D eigenvalue weighted by molar-refractivity contribution is -0.662. The van der Waals surface area contributed by atoms with E-state index in [0.29, 0.717) is 8.39 Å². The molecule has 2 nitrogen and oxygen atoms in total. The van der Waals surface area contributed by atoms with E-state index >= 15 is 0 Å². The highest BCUT2D eigenvalue weighted by molar-refractivity contribution is 8.01. The number of piperidine rings is 2. The van der Waals surface area contributed by atoms with E-state index in [2.05, 4.69) is 10.6 Å². The fourth-order valence-corrected chi connectivity index (χ4v) is 3.08. The first-order valence-corrected chi connectivity index (χ1v) is 10.4. The number of hydrogen-bond donors (Lipinski definition) is 2. The molecule has 0 saturated carbocycles. The number of quaternary nitrogens is 2. The summed E-state index contributed by atoms with van der Waals surface area (Å²) in [4.78, 5) is 0. The number of nitrogens with two attached hydrogens (primary N) is 2. The number of hydrogen-bond acceptors (Lipinski definition) is 4. The second-order valence-corrected chi connectivity index (χ2v) is 8.16. The molecule has 2 fully saturated rings. The van der Waals surface area contributed by atoms with Gasteiger partial charge in [-0.2, -0.15) is 0 Å². The third-order valence-electron chi connectivity index (χ3n) is 3.99. The van der Waals surface area contributed by atoms with E-state index < -0.39 is 0 Å². The Morgan fingerprint density at radius 1 is 0.625 bits per heavy atom. The van der Waals surface area contributed by atoms with Crippen LogP contribution in [-0.2, 0) is 25.3 Å². The van der Waals surface area contributed by atoms with Crippen LogP contribution in [0.25, 0.3) is 0 Å². The van der Waals surface area contributed by atoms with Crippen LogP contribution in [0, 0.1) is 0 Å². The van der Waals surface area contributed by atoms with Gasteiger partial charge in [0.25, 0.3) is 0 Å². The molecule has 4 N–H and O–H groups in total. The van der Waals surface area contributed by atoms with E-state index in [0.717, 1.165) is 11.1 Å². The van der Waals surface area contributed by atoms with Crippen molar-refractivity contribution in [1.82, 2.24) is 0 Å². The van der Waals surface area contributed by atoms with Crippen molar-refractivity contribution in [2.75, 3.05) is 26.2 Å². The smallest absolute Gasteiger partial charge is 0.0755 e. The molecule has 1 aromatic carbocycles. The second-order valence-electron chi connectivity index (χ2n) is 6.01. The second kappa shape index (κ2) is 14.0. The maximum absolute atomic E-state index is 4.83. The highest BCUT2D eigenvalue weighted by Crippen LogP contribution is 2.06. The molecule has 0 unspecified atom stereocenters. The van der Waals surface area contributed by atoms with Crippen LogP contribution in [0.1, 0.15) is 49.7 Å². The fourth-order valence-electron chi connectivity index (χ4n) is 2.54. The van der Waals surface area contributed by atoms with E-state index in [-0.39, 0.29) is 0 Å². The van der Waals surface area contributed by atoms with Crippen LogP contribution >= 0.6 is 24.4 Å². The van der Waals surface area contributed by atoms with Crippen molar-refractivity contribution in [1.29, 1.82) is 0 Å². The van der Waals surface area contributed by atoms with Gasteiger partial charge in [0.1, 0.15) is 0 Å². The van der Waals surface area contributed by atoms with Crippen molar-refractivity contribution in [3.8, 4) is 0 Å². The Balaban J connectivity index is 0.000000200. The number of rotatable bonds is 2. The topological polar surface area (TPSA) is 33.2 Å². The minimum atomic E-state index is 0.469. The highest BCUT2D eigenvalue weighted by Gasteiger charge is 1.98. The van der Waals surface area contributed by atoms with Gasteiger partial charge in [0, 0.05) is 0 Å². The van der Waals surface area contributed by atoms with Gasteiger partial charge in [-0.05, 0) is 49.7 Å². The van der Waals surface area contributed by atoms with Crippen LogP contribution in [-0.4, -0.2) is 34.6 Å². The monoisotopic (exact) mass is 400 g/mol. The van der Waals surface area contributed by atoms with Crippen LogP contribution < -0.4 is 10.6 Å². The van der Waals surface area contributed by atoms with Gasteiger partial charge < -0.3 is 60.3 Å². The lowest BCUT2D eigenvalue weighted by Crippen LogP contribution is -2.85. The van der Waals surface area contributed by atoms with Crippen molar-refractivity contribution in [2.45, 2.75) is 38.5 Å². The van der Waals surface area contributed by atoms with E-state index in [9.17, 15) is 0 Å². The molecule has 1 aromatic rings. The first kappa shape index (κ1) is 21.8. The molecule has 2 heterocycles. The van der Waals surface area contributed by atoms with Crippen LogP contribution in [0.2, 0.25) is 0 Å². The Bertz CT molecular complexity index is 412. The molecule has 2 saturated heterocycles. The zero-order chi connectivity index (χ0) is 17.6. The maximum atomic E-state index is 4.83. The largest absolute Gasteiger partial charge is 0.428 e. The van der Waals surface area contributed by atoms with Crippen molar-refractivity contribution in [3.63, 3.8) is 0 Å². The Hall–Kier alpha value is -0.240. The summed E-state index contributed by atoms with van der Waals surface area (Å²) >= 11 is 19.3. The number of benzene rings is 1. The third kappa shape index (κ3) is 10.6. The van der Waals surface area contributed by atoms with Crippen molar-refractivity contribution in [2.24, 2.45) is 0 Å². The van der Waals surface area contributed by atoms with Crippen molar-refractivity contribution < 1.29 is 10.6 Å². The van der Waals surface area contributed by atoms with Crippen LogP contribution in [0.3, 0.4) is 0 Å². The molecule has 0 amide bonds. The summed E-state index contributed by atoms with van der Waals surface area (Å²) in [5.74, 6) is 0. The first-order chi connectivity index (χ1) is 11.6. The molecule has 24 heavy (non-hydrogen) atoms. The predicted octanol–water partition coefficient (Wildman–Crippen LogP) is 1.60. The molecule has 0 atom stereocenters. The molecular weight excluding hydrogens is 372 g/mol. The Labute approximate surface area is 168 Å². The average Bonchev–Trinajstić information content (AvgIpc) is 2.65. The minimum Gasteiger partial charge on any atom is -0.428 e. The van der Waals surface area contributed by atoms with Gasteiger partial charge in [-0.3, -0.25) is 0 Å². The van der Waals surface area contributed by atoms with Gasteiger partial charge in [-0.1, -0.05) is 24.3 Å². The molecule has 0 spiro atoms. The summed E-state index contributed by atoms with van der Waals surface area (Å²) in [5, 5.41) is 4.78. The zero-order valence-corrected chi connectivity index (χ0v) is 17.4. The molecule has 0 aliphatic carbocycles. The quantitative estimate of drug-likeness (QED) is 0.584. The fraction of sp³-hybridized carbons (Fsp3) is 0.556. The van der Waals surface area contributed by atoms with Gasteiger partial charge in [0.2, 0.25) is 0 Å². The summed E-state index contributed by atoms with van der Waals surface area (Å²) < 4.78 is 0.939. The molecule has 0 bridgehead atoms. The normalized spacial score (nSPS) is 16.7. The Morgan fingerprint density at radius 2 is 0.917 bits per heavy atom. The maximum Gasteiger partial charge on any atom is 0.0755 e. The van der Waals surface area contributed by atoms with Crippen molar-refractivity contribution in [3.05, 3.63) is 35.4 Å². The molecular formula is C18H28N2S4. The van der Waals surface area contributed by atoms with E-state index in [1.165, 1.54) is 64.7 Å². The minimum absolute atomic E-state index is 0.469. The summed E-state index contributed by atoms with van der Waals surface area (Å²) in [7, 11) is 0. The average molecular weight is 401 g/mol. The first-order valence-electron chi connectivity index (χ1n) is 8.77. The lowest BCUT2D eigenvalue weighted by atomic mass is 10.2. The van der Waals surface area contributed by atoms with E-state index in [4.69, 9.17) is 49.7 Å².